The molecular formula is C10H15NO3S. The first-order valence-corrected chi connectivity index (χ1v) is 6.35. The molecule has 0 unspecified atom stereocenters. The van der Waals surface area contributed by atoms with E-state index in [1.54, 1.807) is 19.2 Å². The first kappa shape index (κ1) is 11.8. The number of benzene rings is 1. The molecule has 0 aliphatic carbocycles. The Balaban J connectivity index is 3.15. The van der Waals surface area contributed by atoms with Crippen LogP contribution in [0.2, 0.25) is 0 Å². The summed E-state index contributed by atoms with van der Waals surface area (Å²) in [6.45, 7) is 3.75. The van der Waals surface area contributed by atoms with Crippen LogP contribution < -0.4 is 9.46 Å². The molecule has 1 rings (SSSR count). The van der Waals surface area contributed by atoms with Crippen LogP contribution in [0, 0.1) is 13.8 Å². The van der Waals surface area contributed by atoms with Crippen molar-refractivity contribution < 1.29 is 13.2 Å². The normalized spacial score (nSPS) is 11.2. The Bertz CT molecular complexity index is 443. The fourth-order valence-electron chi connectivity index (χ4n) is 1.55. The predicted molar refractivity (Wildman–Crippen MR) is 60.9 cm³/mol. The van der Waals surface area contributed by atoms with E-state index in [4.69, 9.17) is 4.74 Å². The Morgan fingerprint density at radius 1 is 1.20 bits per heavy atom. The second-order valence-electron chi connectivity index (χ2n) is 3.52. The van der Waals surface area contributed by atoms with E-state index >= 15 is 0 Å². The molecule has 1 N–H and O–H groups in total. The Labute approximate surface area is 90.3 Å². The quantitative estimate of drug-likeness (QED) is 0.858. The van der Waals surface area contributed by atoms with Gasteiger partial charge in [0.2, 0.25) is 10.0 Å². The molecule has 84 valence electrons. The van der Waals surface area contributed by atoms with Crippen LogP contribution in [0.15, 0.2) is 12.1 Å². The predicted octanol–water partition coefficient (Wildman–Crippen LogP) is 1.68. The van der Waals surface area contributed by atoms with Gasteiger partial charge in [-0.25, -0.2) is 8.42 Å². The molecule has 0 heterocycles. The molecule has 1 aromatic rings. The van der Waals surface area contributed by atoms with Gasteiger partial charge in [0.25, 0.3) is 0 Å². The summed E-state index contributed by atoms with van der Waals surface area (Å²) in [5.74, 6) is 0.786. The highest BCUT2D eigenvalue weighted by molar-refractivity contribution is 7.92. The first-order chi connectivity index (χ1) is 6.83. The minimum absolute atomic E-state index is 0.563. The summed E-state index contributed by atoms with van der Waals surface area (Å²) in [7, 11) is -1.62. The van der Waals surface area contributed by atoms with Crippen molar-refractivity contribution in [3.05, 3.63) is 23.3 Å². The summed E-state index contributed by atoms with van der Waals surface area (Å²) in [6.07, 6.45) is 1.13. The number of methoxy groups -OCH3 is 1. The van der Waals surface area contributed by atoms with E-state index in [0.717, 1.165) is 23.1 Å². The lowest BCUT2D eigenvalue weighted by Gasteiger charge is -2.11. The largest absolute Gasteiger partial charge is 0.496 e. The molecule has 0 aromatic heterocycles. The number of nitrogens with one attached hydrogen (secondary N) is 1. The fourth-order valence-corrected chi connectivity index (χ4v) is 2.09. The monoisotopic (exact) mass is 229 g/mol. The van der Waals surface area contributed by atoms with Crippen LogP contribution in [0.25, 0.3) is 0 Å². The van der Waals surface area contributed by atoms with E-state index in [-0.39, 0.29) is 0 Å². The zero-order valence-corrected chi connectivity index (χ0v) is 10.1. The van der Waals surface area contributed by atoms with E-state index in [1.165, 1.54) is 0 Å². The summed E-state index contributed by atoms with van der Waals surface area (Å²) in [6, 6.07) is 3.49. The van der Waals surface area contributed by atoms with Crippen LogP contribution in [-0.2, 0) is 10.0 Å². The number of sulfonamides is 1. The minimum atomic E-state index is -3.22. The van der Waals surface area contributed by atoms with Crippen molar-refractivity contribution in [2.75, 3.05) is 18.1 Å². The van der Waals surface area contributed by atoms with Gasteiger partial charge in [-0.1, -0.05) is 0 Å². The van der Waals surface area contributed by atoms with Crippen molar-refractivity contribution in [2.24, 2.45) is 0 Å². The van der Waals surface area contributed by atoms with Crippen LogP contribution in [0.5, 0.6) is 5.75 Å². The molecule has 1 aromatic carbocycles. The van der Waals surface area contributed by atoms with Crippen molar-refractivity contribution in [3.63, 3.8) is 0 Å². The molecule has 0 spiro atoms. The summed E-state index contributed by atoms with van der Waals surface area (Å²) in [4.78, 5) is 0. The van der Waals surface area contributed by atoms with Gasteiger partial charge >= 0.3 is 0 Å². The SMILES string of the molecule is COc1c(C)cc(NS(C)(=O)=O)cc1C. The van der Waals surface area contributed by atoms with Gasteiger partial charge in [0, 0.05) is 5.69 Å². The van der Waals surface area contributed by atoms with E-state index in [9.17, 15) is 8.42 Å². The van der Waals surface area contributed by atoms with E-state index in [0.29, 0.717) is 5.69 Å². The number of anilines is 1. The Morgan fingerprint density at radius 2 is 1.67 bits per heavy atom. The maximum atomic E-state index is 11.0. The molecule has 0 saturated carbocycles. The highest BCUT2D eigenvalue weighted by Gasteiger charge is 2.07. The van der Waals surface area contributed by atoms with Crippen LogP contribution in [0.3, 0.4) is 0 Å². The van der Waals surface area contributed by atoms with Gasteiger partial charge in [-0.2, -0.15) is 0 Å². The third-order valence-corrected chi connectivity index (χ3v) is 2.57. The Morgan fingerprint density at radius 3 is 2.00 bits per heavy atom. The third kappa shape index (κ3) is 3.13. The Kier molecular flexibility index (Phi) is 3.24. The molecule has 4 nitrogen and oxygen atoms in total. The molecule has 0 amide bonds. The van der Waals surface area contributed by atoms with Crippen LogP contribution >= 0.6 is 0 Å². The summed E-state index contributed by atoms with van der Waals surface area (Å²) in [5, 5.41) is 0. The van der Waals surface area contributed by atoms with Crippen molar-refractivity contribution in [3.8, 4) is 5.75 Å². The second-order valence-corrected chi connectivity index (χ2v) is 5.27. The van der Waals surface area contributed by atoms with Gasteiger partial charge in [0.05, 0.1) is 13.4 Å². The number of ether oxygens (including phenoxy) is 1. The zero-order valence-electron chi connectivity index (χ0n) is 9.29. The van der Waals surface area contributed by atoms with Crippen molar-refractivity contribution >= 4 is 15.7 Å². The number of hydrogen-bond acceptors (Lipinski definition) is 3. The van der Waals surface area contributed by atoms with Gasteiger partial charge < -0.3 is 4.74 Å². The van der Waals surface area contributed by atoms with Gasteiger partial charge in [0.15, 0.2) is 0 Å². The Hall–Kier alpha value is -1.23. The van der Waals surface area contributed by atoms with Crippen molar-refractivity contribution in [2.45, 2.75) is 13.8 Å². The average Bonchev–Trinajstić information content (AvgIpc) is 1.99. The topological polar surface area (TPSA) is 55.4 Å². The van der Waals surface area contributed by atoms with Crippen molar-refractivity contribution in [1.82, 2.24) is 0 Å². The van der Waals surface area contributed by atoms with Crippen LogP contribution in [-0.4, -0.2) is 21.8 Å². The summed E-state index contributed by atoms with van der Waals surface area (Å²) < 4.78 is 29.7. The molecule has 5 heteroatoms. The molecular weight excluding hydrogens is 214 g/mol. The maximum Gasteiger partial charge on any atom is 0.229 e. The molecule has 0 saturated heterocycles. The summed E-state index contributed by atoms with van der Waals surface area (Å²) in [5.41, 5.74) is 2.38. The second kappa shape index (κ2) is 4.10. The lowest BCUT2D eigenvalue weighted by molar-refractivity contribution is 0.408. The molecule has 0 aliphatic rings. The fraction of sp³-hybridized carbons (Fsp3) is 0.400. The number of aryl methyl sites for hydroxylation is 2. The first-order valence-electron chi connectivity index (χ1n) is 4.46. The number of rotatable bonds is 3. The van der Waals surface area contributed by atoms with Gasteiger partial charge in [-0.15, -0.1) is 0 Å². The molecule has 0 fully saturated rings. The van der Waals surface area contributed by atoms with Gasteiger partial charge in [-0.3, -0.25) is 4.72 Å². The van der Waals surface area contributed by atoms with Gasteiger partial charge in [0.1, 0.15) is 5.75 Å². The van der Waals surface area contributed by atoms with E-state index in [2.05, 4.69) is 4.72 Å². The highest BCUT2D eigenvalue weighted by Crippen LogP contribution is 2.26. The minimum Gasteiger partial charge on any atom is -0.496 e. The third-order valence-electron chi connectivity index (χ3n) is 1.97. The lowest BCUT2D eigenvalue weighted by Crippen LogP contribution is -2.10. The molecule has 0 atom stereocenters. The zero-order chi connectivity index (χ0) is 11.6. The summed E-state index contributed by atoms with van der Waals surface area (Å²) >= 11 is 0. The highest BCUT2D eigenvalue weighted by atomic mass is 32.2. The van der Waals surface area contributed by atoms with Crippen LogP contribution in [0.4, 0.5) is 5.69 Å². The van der Waals surface area contributed by atoms with Crippen LogP contribution in [0.1, 0.15) is 11.1 Å². The molecule has 15 heavy (non-hydrogen) atoms. The van der Waals surface area contributed by atoms with Crippen molar-refractivity contribution in [1.29, 1.82) is 0 Å². The van der Waals surface area contributed by atoms with E-state index in [1.807, 2.05) is 13.8 Å². The molecule has 0 radical (unpaired) electrons. The number of hydrogen-bond donors (Lipinski definition) is 1. The van der Waals surface area contributed by atoms with E-state index < -0.39 is 10.0 Å². The standard InChI is InChI=1S/C10H15NO3S/c1-7-5-9(11-15(4,12)13)6-8(2)10(7)14-3/h5-6,11H,1-4H3. The average molecular weight is 229 g/mol. The lowest BCUT2D eigenvalue weighted by atomic mass is 10.1. The molecule has 0 aliphatic heterocycles. The van der Waals surface area contributed by atoms with Gasteiger partial charge in [-0.05, 0) is 37.1 Å². The maximum absolute atomic E-state index is 11.0. The smallest absolute Gasteiger partial charge is 0.229 e. The molecule has 0 bridgehead atoms.